The molecule has 1 aliphatic rings. The highest BCUT2D eigenvalue weighted by molar-refractivity contribution is 6.35. The lowest BCUT2D eigenvalue weighted by Crippen LogP contribution is -2.48. The summed E-state index contributed by atoms with van der Waals surface area (Å²) < 4.78 is 10.5. The Kier molecular flexibility index (Phi) is 5.48. The smallest absolute Gasteiger partial charge is 0.322 e. The highest BCUT2D eigenvalue weighted by Gasteiger charge is 2.24. The van der Waals surface area contributed by atoms with Crippen LogP contribution in [0.1, 0.15) is 0 Å². The first-order chi connectivity index (χ1) is 9.58. The number of nitrogens with one attached hydrogen (secondary N) is 1. The average Bonchev–Trinajstić information content (AvgIpc) is 2.38. The second-order valence-electron chi connectivity index (χ2n) is 4.48. The highest BCUT2D eigenvalue weighted by atomic mass is 35.5. The number of nitrogens with zero attached hydrogens (tertiary/aromatic N) is 1. The minimum Gasteiger partial charge on any atom is -0.382 e. The third kappa shape index (κ3) is 4.24. The Balaban J connectivity index is 1.97. The molecule has 0 aliphatic carbocycles. The fourth-order valence-corrected chi connectivity index (χ4v) is 2.55. The lowest BCUT2D eigenvalue weighted by Gasteiger charge is -2.32. The molecule has 1 aromatic rings. The van der Waals surface area contributed by atoms with E-state index in [-0.39, 0.29) is 12.1 Å². The monoisotopic (exact) mass is 318 g/mol. The zero-order valence-electron chi connectivity index (χ0n) is 11.1. The number of ether oxygens (including phenoxy) is 2. The minimum absolute atomic E-state index is 0.0950. The van der Waals surface area contributed by atoms with Crippen LogP contribution in [0.15, 0.2) is 18.2 Å². The number of methoxy groups -OCH3 is 1. The Labute approximate surface area is 127 Å². The van der Waals surface area contributed by atoms with Crippen molar-refractivity contribution >= 4 is 34.9 Å². The number of carbonyl (C=O) groups excluding carboxylic acids is 1. The molecule has 1 heterocycles. The maximum Gasteiger partial charge on any atom is 0.322 e. The zero-order chi connectivity index (χ0) is 14.5. The van der Waals surface area contributed by atoms with Gasteiger partial charge in [-0.2, -0.15) is 0 Å². The molecule has 0 aromatic heterocycles. The first kappa shape index (κ1) is 15.4. The summed E-state index contributed by atoms with van der Waals surface area (Å²) in [7, 11) is 1.61. The van der Waals surface area contributed by atoms with Crippen molar-refractivity contribution in [3.05, 3.63) is 28.2 Å². The van der Waals surface area contributed by atoms with Crippen molar-refractivity contribution in [2.45, 2.75) is 6.10 Å². The molecule has 2 amide bonds. The highest BCUT2D eigenvalue weighted by Crippen LogP contribution is 2.22. The molecular weight excluding hydrogens is 303 g/mol. The molecule has 0 unspecified atom stereocenters. The fraction of sp³-hybridized carbons (Fsp3) is 0.462. The second kappa shape index (κ2) is 7.13. The quantitative estimate of drug-likeness (QED) is 0.932. The van der Waals surface area contributed by atoms with E-state index in [0.717, 1.165) is 0 Å². The number of carbonyl (C=O) groups is 1. The number of urea groups is 1. The van der Waals surface area contributed by atoms with E-state index in [4.69, 9.17) is 32.7 Å². The summed E-state index contributed by atoms with van der Waals surface area (Å²) >= 11 is 11.8. The average molecular weight is 319 g/mol. The zero-order valence-corrected chi connectivity index (χ0v) is 12.6. The van der Waals surface area contributed by atoms with E-state index in [1.165, 1.54) is 0 Å². The van der Waals surface area contributed by atoms with Gasteiger partial charge in [-0.1, -0.05) is 23.2 Å². The minimum atomic E-state index is -0.201. The van der Waals surface area contributed by atoms with Gasteiger partial charge in [0.25, 0.3) is 0 Å². The number of benzene rings is 1. The SMILES string of the molecule is COC[C@H]1CN(C(=O)Nc2cc(Cl)cc(Cl)c2)CCO1. The van der Waals surface area contributed by atoms with Gasteiger partial charge in [0.2, 0.25) is 0 Å². The third-order valence-electron chi connectivity index (χ3n) is 2.89. The second-order valence-corrected chi connectivity index (χ2v) is 5.36. The molecule has 0 radical (unpaired) electrons. The summed E-state index contributed by atoms with van der Waals surface area (Å²) in [6.45, 7) is 2.00. The molecule has 5 nitrogen and oxygen atoms in total. The van der Waals surface area contributed by atoms with E-state index in [0.29, 0.717) is 42.0 Å². The summed E-state index contributed by atoms with van der Waals surface area (Å²) in [5.41, 5.74) is 0.572. The van der Waals surface area contributed by atoms with Crippen LogP contribution in [0.3, 0.4) is 0 Å². The van der Waals surface area contributed by atoms with E-state index in [2.05, 4.69) is 5.32 Å². The van der Waals surface area contributed by atoms with E-state index in [1.807, 2.05) is 0 Å². The molecule has 20 heavy (non-hydrogen) atoms. The van der Waals surface area contributed by atoms with E-state index < -0.39 is 0 Å². The van der Waals surface area contributed by atoms with Crippen molar-refractivity contribution in [3.63, 3.8) is 0 Å². The molecule has 1 N–H and O–H groups in total. The van der Waals surface area contributed by atoms with Crippen LogP contribution in [0.4, 0.5) is 10.5 Å². The number of rotatable bonds is 3. The lowest BCUT2D eigenvalue weighted by atomic mass is 10.3. The molecule has 2 rings (SSSR count). The summed E-state index contributed by atoms with van der Waals surface area (Å²) in [5.74, 6) is 0. The molecule has 0 spiro atoms. The summed E-state index contributed by atoms with van der Waals surface area (Å²) in [5, 5.41) is 3.74. The number of amides is 2. The number of hydrogen-bond donors (Lipinski definition) is 1. The summed E-state index contributed by atoms with van der Waals surface area (Å²) in [6, 6.07) is 4.71. The van der Waals surface area contributed by atoms with E-state index in [9.17, 15) is 4.79 Å². The predicted octanol–water partition coefficient (Wildman–Crippen LogP) is 2.87. The Morgan fingerprint density at radius 1 is 1.45 bits per heavy atom. The third-order valence-corrected chi connectivity index (χ3v) is 3.33. The van der Waals surface area contributed by atoms with Gasteiger partial charge in [-0.05, 0) is 18.2 Å². The Bertz CT molecular complexity index is 462. The first-order valence-corrected chi connectivity index (χ1v) is 6.96. The largest absolute Gasteiger partial charge is 0.382 e. The fourth-order valence-electron chi connectivity index (χ4n) is 2.02. The number of morpholine rings is 1. The van der Waals surface area contributed by atoms with Crippen LogP contribution in [0.25, 0.3) is 0 Å². The Morgan fingerprint density at radius 2 is 2.15 bits per heavy atom. The normalized spacial score (nSPS) is 18.9. The predicted molar refractivity (Wildman–Crippen MR) is 78.7 cm³/mol. The van der Waals surface area contributed by atoms with E-state index in [1.54, 1.807) is 30.2 Å². The van der Waals surface area contributed by atoms with Gasteiger partial charge < -0.3 is 19.7 Å². The van der Waals surface area contributed by atoms with Crippen molar-refractivity contribution in [2.24, 2.45) is 0 Å². The van der Waals surface area contributed by atoms with Crippen molar-refractivity contribution < 1.29 is 14.3 Å². The molecule has 0 saturated carbocycles. The Morgan fingerprint density at radius 3 is 2.80 bits per heavy atom. The number of hydrogen-bond acceptors (Lipinski definition) is 3. The van der Waals surface area contributed by atoms with Gasteiger partial charge in [0, 0.05) is 29.4 Å². The maximum absolute atomic E-state index is 12.2. The van der Waals surface area contributed by atoms with Crippen LogP contribution in [-0.4, -0.2) is 50.4 Å². The van der Waals surface area contributed by atoms with Crippen molar-refractivity contribution in [3.8, 4) is 0 Å². The summed E-state index contributed by atoms with van der Waals surface area (Å²) in [6.07, 6.45) is -0.0950. The van der Waals surface area contributed by atoms with Crippen LogP contribution < -0.4 is 5.32 Å². The maximum atomic E-state index is 12.2. The van der Waals surface area contributed by atoms with Crippen molar-refractivity contribution in [1.29, 1.82) is 0 Å². The van der Waals surface area contributed by atoms with Crippen LogP contribution >= 0.6 is 23.2 Å². The molecular formula is C13H16Cl2N2O3. The molecule has 1 atom stereocenters. The lowest BCUT2D eigenvalue weighted by molar-refractivity contribution is -0.0481. The van der Waals surface area contributed by atoms with Gasteiger partial charge in [0.15, 0.2) is 0 Å². The molecule has 1 aromatic carbocycles. The van der Waals surface area contributed by atoms with Crippen molar-refractivity contribution in [1.82, 2.24) is 4.90 Å². The molecule has 1 saturated heterocycles. The summed E-state index contributed by atoms with van der Waals surface area (Å²) in [4.78, 5) is 13.9. The van der Waals surface area contributed by atoms with Gasteiger partial charge in [-0.25, -0.2) is 4.79 Å². The van der Waals surface area contributed by atoms with Crippen LogP contribution in [0.2, 0.25) is 10.0 Å². The van der Waals surface area contributed by atoms with Crippen LogP contribution in [-0.2, 0) is 9.47 Å². The van der Waals surface area contributed by atoms with Gasteiger partial charge in [0.1, 0.15) is 0 Å². The number of halogens is 2. The van der Waals surface area contributed by atoms with Gasteiger partial charge in [-0.15, -0.1) is 0 Å². The van der Waals surface area contributed by atoms with Crippen LogP contribution in [0, 0.1) is 0 Å². The number of anilines is 1. The van der Waals surface area contributed by atoms with E-state index >= 15 is 0 Å². The van der Waals surface area contributed by atoms with Gasteiger partial charge in [-0.3, -0.25) is 0 Å². The molecule has 1 aliphatic heterocycles. The Hall–Kier alpha value is -1.01. The van der Waals surface area contributed by atoms with Crippen molar-refractivity contribution in [2.75, 3.05) is 38.7 Å². The van der Waals surface area contributed by atoms with Gasteiger partial charge >= 0.3 is 6.03 Å². The molecule has 110 valence electrons. The standard InChI is InChI=1S/C13H16Cl2N2O3/c1-19-8-12-7-17(2-3-20-12)13(18)16-11-5-9(14)4-10(15)6-11/h4-6,12H,2-3,7-8H2,1H3,(H,16,18)/t12-/m1/s1. The topological polar surface area (TPSA) is 50.8 Å². The first-order valence-electron chi connectivity index (χ1n) is 6.21. The van der Waals surface area contributed by atoms with Gasteiger partial charge in [0.05, 0.1) is 25.9 Å². The molecule has 0 bridgehead atoms. The molecule has 1 fully saturated rings. The molecule has 7 heteroatoms. The van der Waals surface area contributed by atoms with Crippen LogP contribution in [0.5, 0.6) is 0 Å².